The van der Waals surface area contributed by atoms with Crippen molar-refractivity contribution in [3.63, 3.8) is 0 Å². The van der Waals surface area contributed by atoms with E-state index in [1.165, 1.54) is 0 Å². The van der Waals surface area contributed by atoms with Gasteiger partial charge in [0.15, 0.2) is 0 Å². The summed E-state index contributed by atoms with van der Waals surface area (Å²) < 4.78 is 11.1. The monoisotopic (exact) mass is 286 g/mol. The van der Waals surface area contributed by atoms with E-state index in [4.69, 9.17) is 9.47 Å². The van der Waals surface area contributed by atoms with Gasteiger partial charge in [-0.2, -0.15) is 0 Å². The molecule has 0 saturated carbocycles. The van der Waals surface area contributed by atoms with E-state index in [2.05, 4.69) is 6.07 Å². The van der Waals surface area contributed by atoms with Gasteiger partial charge >= 0.3 is 0 Å². The van der Waals surface area contributed by atoms with Gasteiger partial charge in [0.05, 0.1) is 19.3 Å². The molecule has 0 spiro atoms. The minimum absolute atomic E-state index is 0.306. The molecule has 0 aromatic heterocycles. The Labute approximate surface area is 125 Å². The molecule has 1 N–H and O–H groups in total. The average molecular weight is 286 g/mol. The topological polar surface area (TPSA) is 38.7 Å². The largest absolute Gasteiger partial charge is 0.496 e. The molecule has 2 unspecified atom stereocenters. The number of hydrogen-bond acceptors (Lipinski definition) is 3. The number of fused-ring (bicyclic) bond motifs is 1. The lowest BCUT2D eigenvalue weighted by atomic mass is 9.95. The van der Waals surface area contributed by atoms with Crippen molar-refractivity contribution in [3.8, 4) is 5.75 Å². The molecule has 3 heteroatoms. The van der Waals surface area contributed by atoms with Gasteiger partial charge in [-0.1, -0.05) is 30.3 Å². The molecular formula is C18H22O3. The highest BCUT2D eigenvalue weighted by Gasteiger charge is 2.21. The predicted molar refractivity (Wildman–Crippen MR) is 83.7 cm³/mol. The summed E-state index contributed by atoms with van der Waals surface area (Å²) in [5.74, 6) is 0.758. The first-order valence-corrected chi connectivity index (χ1v) is 7.65. The van der Waals surface area contributed by atoms with E-state index in [-0.39, 0.29) is 0 Å². The second-order valence-corrected chi connectivity index (χ2v) is 5.63. The van der Waals surface area contributed by atoms with E-state index in [1.807, 2.05) is 30.3 Å². The lowest BCUT2D eigenvalue weighted by Gasteiger charge is -2.19. The van der Waals surface area contributed by atoms with Crippen molar-refractivity contribution >= 4 is 10.8 Å². The minimum atomic E-state index is -0.518. The summed E-state index contributed by atoms with van der Waals surface area (Å²) in [5.41, 5.74) is 0.897. The second-order valence-electron chi connectivity index (χ2n) is 5.63. The SMILES string of the molecule is COc1ccc2ccccc2c1C(O)CCC1CCCO1. The molecule has 0 aliphatic carbocycles. The van der Waals surface area contributed by atoms with Crippen molar-refractivity contribution in [1.82, 2.24) is 0 Å². The van der Waals surface area contributed by atoms with Crippen molar-refractivity contribution in [1.29, 1.82) is 0 Å². The fourth-order valence-electron chi connectivity index (χ4n) is 3.16. The van der Waals surface area contributed by atoms with Gasteiger partial charge in [-0.15, -0.1) is 0 Å². The van der Waals surface area contributed by atoms with Crippen LogP contribution in [0.4, 0.5) is 0 Å². The molecule has 0 bridgehead atoms. The normalized spacial score (nSPS) is 19.8. The number of aliphatic hydroxyl groups is 1. The number of hydrogen-bond donors (Lipinski definition) is 1. The Morgan fingerprint density at radius 3 is 2.90 bits per heavy atom. The van der Waals surface area contributed by atoms with Crippen LogP contribution in [0.2, 0.25) is 0 Å². The maximum Gasteiger partial charge on any atom is 0.125 e. The van der Waals surface area contributed by atoms with E-state index in [0.717, 1.165) is 48.0 Å². The summed E-state index contributed by atoms with van der Waals surface area (Å²) in [4.78, 5) is 0. The van der Waals surface area contributed by atoms with Crippen LogP contribution in [0.15, 0.2) is 36.4 Å². The molecule has 21 heavy (non-hydrogen) atoms. The summed E-state index contributed by atoms with van der Waals surface area (Å²) in [6.45, 7) is 0.859. The molecule has 2 atom stereocenters. The first-order chi connectivity index (χ1) is 10.3. The molecule has 3 nitrogen and oxygen atoms in total. The molecule has 1 saturated heterocycles. The molecule has 2 aromatic rings. The molecule has 1 aliphatic heterocycles. The maximum atomic E-state index is 10.7. The van der Waals surface area contributed by atoms with E-state index >= 15 is 0 Å². The zero-order valence-electron chi connectivity index (χ0n) is 12.4. The first-order valence-electron chi connectivity index (χ1n) is 7.65. The quantitative estimate of drug-likeness (QED) is 0.907. The fraction of sp³-hybridized carbons (Fsp3) is 0.444. The summed E-state index contributed by atoms with van der Waals surface area (Å²) in [7, 11) is 1.65. The highest BCUT2D eigenvalue weighted by molar-refractivity contribution is 5.88. The Kier molecular flexibility index (Phi) is 4.42. The van der Waals surface area contributed by atoms with Crippen molar-refractivity contribution in [3.05, 3.63) is 42.0 Å². The summed E-state index contributed by atoms with van der Waals surface area (Å²) >= 11 is 0. The van der Waals surface area contributed by atoms with E-state index in [1.54, 1.807) is 7.11 Å². The predicted octanol–water partition coefficient (Wildman–Crippen LogP) is 3.84. The third kappa shape index (κ3) is 3.04. The van der Waals surface area contributed by atoms with Gasteiger partial charge < -0.3 is 14.6 Å². The Morgan fingerprint density at radius 1 is 1.29 bits per heavy atom. The summed E-state index contributed by atoms with van der Waals surface area (Å²) in [5, 5.41) is 12.9. The third-order valence-corrected chi connectivity index (χ3v) is 4.27. The van der Waals surface area contributed by atoms with Crippen LogP contribution in [0, 0.1) is 0 Å². The van der Waals surface area contributed by atoms with Crippen LogP contribution in [0.1, 0.15) is 37.4 Å². The van der Waals surface area contributed by atoms with Gasteiger partial charge in [0, 0.05) is 12.2 Å². The smallest absolute Gasteiger partial charge is 0.125 e. The van der Waals surface area contributed by atoms with E-state index in [0.29, 0.717) is 12.5 Å². The Balaban J connectivity index is 1.86. The zero-order chi connectivity index (χ0) is 14.7. The molecule has 2 aromatic carbocycles. The lowest BCUT2D eigenvalue weighted by molar-refractivity contribution is 0.0809. The molecule has 1 heterocycles. The average Bonchev–Trinajstić information content (AvgIpc) is 3.04. The maximum absolute atomic E-state index is 10.7. The van der Waals surface area contributed by atoms with Crippen LogP contribution >= 0.6 is 0 Å². The third-order valence-electron chi connectivity index (χ3n) is 4.27. The van der Waals surface area contributed by atoms with Gasteiger partial charge in [-0.05, 0) is 42.5 Å². The van der Waals surface area contributed by atoms with Crippen LogP contribution in [0.5, 0.6) is 5.75 Å². The number of ether oxygens (including phenoxy) is 2. The second kappa shape index (κ2) is 6.46. The van der Waals surface area contributed by atoms with Gasteiger partial charge in [-0.25, -0.2) is 0 Å². The van der Waals surface area contributed by atoms with Crippen LogP contribution in [0.25, 0.3) is 10.8 Å². The standard InChI is InChI=1S/C18H22O3/c1-20-17-11-8-13-5-2-3-7-15(13)18(17)16(19)10-9-14-6-4-12-21-14/h2-3,5,7-8,11,14,16,19H,4,6,9-10,12H2,1H3. The van der Waals surface area contributed by atoms with E-state index in [9.17, 15) is 5.11 Å². The molecule has 0 radical (unpaired) electrons. The Morgan fingerprint density at radius 2 is 2.14 bits per heavy atom. The highest BCUT2D eigenvalue weighted by atomic mass is 16.5. The number of methoxy groups -OCH3 is 1. The molecular weight excluding hydrogens is 264 g/mol. The fourth-order valence-corrected chi connectivity index (χ4v) is 3.16. The zero-order valence-corrected chi connectivity index (χ0v) is 12.4. The Bertz CT molecular complexity index is 602. The molecule has 1 aliphatic rings. The number of benzene rings is 2. The summed E-state index contributed by atoms with van der Waals surface area (Å²) in [6.07, 6.45) is 3.64. The molecule has 1 fully saturated rings. The van der Waals surface area contributed by atoms with Crippen molar-refractivity contribution in [2.45, 2.75) is 37.9 Å². The minimum Gasteiger partial charge on any atom is -0.496 e. The molecule has 0 amide bonds. The van der Waals surface area contributed by atoms with Gasteiger partial charge in [0.2, 0.25) is 0 Å². The molecule has 112 valence electrons. The van der Waals surface area contributed by atoms with Crippen molar-refractivity contribution < 1.29 is 14.6 Å². The van der Waals surface area contributed by atoms with Crippen LogP contribution < -0.4 is 4.74 Å². The van der Waals surface area contributed by atoms with E-state index < -0.39 is 6.10 Å². The van der Waals surface area contributed by atoms with Gasteiger partial charge in [-0.3, -0.25) is 0 Å². The number of aliphatic hydroxyl groups excluding tert-OH is 1. The Hall–Kier alpha value is -1.58. The van der Waals surface area contributed by atoms with Crippen LogP contribution in [0.3, 0.4) is 0 Å². The first kappa shape index (κ1) is 14.4. The van der Waals surface area contributed by atoms with Gasteiger partial charge in [0.25, 0.3) is 0 Å². The van der Waals surface area contributed by atoms with Gasteiger partial charge in [0.1, 0.15) is 5.75 Å². The lowest BCUT2D eigenvalue weighted by Crippen LogP contribution is -2.09. The van der Waals surface area contributed by atoms with Crippen LogP contribution in [-0.2, 0) is 4.74 Å². The highest BCUT2D eigenvalue weighted by Crippen LogP contribution is 2.35. The number of rotatable bonds is 5. The summed E-state index contributed by atoms with van der Waals surface area (Å²) in [6, 6.07) is 12.1. The molecule has 3 rings (SSSR count). The van der Waals surface area contributed by atoms with Crippen LogP contribution in [-0.4, -0.2) is 24.9 Å². The van der Waals surface area contributed by atoms with Crippen molar-refractivity contribution in [2.75, 3.05) is 13.7 Å². The van der Waals surface area contributed by atoms with Crippen molar-refractivity contribution in [2.24, 2.45) is 0 Å².